The smallest absolute Gasteiger partial charge is 0.260 e. The quantitative estimate of drug-likeness (QED) is 0.871. The molecular formula is C17H20F2N2O4. The second kappa shape index (κ2) is 7.35. The van der Waals surface area contributed by atoms with Gasteiger partial charge in [-0.05, 0) is 12.8 Å². The fraction of sp³-hybridized carbons (Fsp3) is 0.529. The van der Waals surface area contributed by atoms with Crippen molar-refractivity contribution in [3.63, 3.8) is 0 Å². The van der Waals surface area contributed by atoms with Crippen molar-refractivity contribution >= 4 is 11.8 Å². The fourth-order valence-electron chi connectivity index (χ4n) is 3.33. The molecule has 2 saturated heterocycles. The number of carbonyl (C=O) groups is 2. The van der Waals surface area contributed by atoms with Gasteiger partial charge in [-0.15, -0.1) is 0 Å². The molecule has 1 aromatic carbocycles. The lowest BCUT2D eigenvalue weighted by atomic mass is 9.95. The van der Waals surface area contributed by atoms with Crippen LogP contribution in [0.15, 0.2) is 12.1 Å². The third kappa shape index (κ3) is 3.73. The minimum Gasteiger partial charge on any atom is -0.507 e. The van der Waals surface area contributed by atoms with Crippen molar-refractivity contribution in [3.8, 4) is 5.75 Å². The first-order valence-corrected chi connectivity index (χ1v) is 8.31. The molecule has 2 heterocycles. The van der Waals surface area contributed by atoms with E-state index >= 15 is 0 Å². The van der Waals surface area contributed by atoms with Gasteiger partial charge in [0, 0.05) is 38.3 Å². The Morgan fingerprint density at radius 1 is 1.12 bits per heavy atom. The number of phenols is 1. The summed E-state index contributed by atoms with van der Waals surface area (Å²) >= 11 is 0. The van der Waals surface area contributed by atoms with Gasteiger partial charge in [-0.3, -0.25) is 9.59 Å². The number of halogens is 2. The largest absolute Gasteiger partial charge is 0.507 e. The van der Waals surface area contributed by atoms with Crippen molar-refractivity contribution in [1.29, 1.82) is 0 Å². The van der Waals surface area contributed by atoms with Crippen molar-refractivity contribution in [2.24, 2.45) is 5.92 Å². The Hall–Kier alpha value is -2.22. The van der Waals surface area contributed by atoms with E-state index in [1.807, 2.05) is 0 Å². The molecule has 0 spiro atoms. The Bertz CT molecular complexity index is 654. The molecule has 1 aromatic rings. The summed E-state index contributed by atoms with van der Waals surface area (Å²) in [5, 5.41) is 9.74. The van der Waals surface area contributed by atoms with Gasteiger partial charge in [-0.2, -0.15) is 0 Å². The van der Waals surface area contributed by atoms with Gasteiger partial charge >= 0.3 is 0 Å². The average molecular weight is 354 g/mol. The maximum atomic E-state index is 13.9. The number of hydrogen-bond donors (Lipinski definition) is 1. The summed E-state index contributed by atoms with van der Waals surface area (Å²) in [6.45, 7) is 2.56. The molecule has 8 heteroatoms. The number of rotatable bonds is 2. The first-order valence-electron chi connectivity index (χ1n) is 8.31. The van der Waals surface area contributed by atoms with Crippen molar-refractivity contribution in [3.05, 3.63) is 29.3 Å². The van der Waals surface area contributed by atoms with Gasteiger partial charge in [0.25, 0.3) is 5.91 Å². The Balaban J connectivity index is 1.73. The molecule has 0 aliphatic carbocycles. The molecule has 1 unspecified atom stereocenters. The molecule has 0 radical (unpaired) electrons. The predicted molar refractivity (Wildman–Crippen MR) is 84.0 cm³/mol. The third-order valence-corrected chi connectivity index (χ3v) is 4.63. The lowest BCUT2D eigenvalue weighted by Crippen LogP contribution is -2.49. The van der Waals surface area contributed by atoms with E-state index in [9.17, 15) is 23.5 Å². The molecule has 2 aliphatic rings. The van der Waals surface area contributed by atoms with Crippen LogP contribution in [0.5, 0.6) is 5.75 Å². The summed E-state index contributed by atoms with van der Waals surface area (Å²) in [5.41, 5.74) is -0.555. The SMILES string of the molecule is O=C(c1c(O)cc(F)cc1F)N1CCCC(C(=O)N2CCOCC2)C1. The van der Waals surface area contributed by atoms with Crippen molar-refractivity contribution in [1.82, 2.24) is 9.80 Å². The van der Waals surface area contributed by atoms with Gasteiger partial charge in [0.15, 0.2) is 0 Å². The number of nitrogens with zero attached hydrogens (tertiary/aromatic N) is 2. The molecule has 1 atom stereocenters. The van der Waals surface area contributed by atoms with Crippen LogP contribution in [0.1, 0.15) is 23.2 Å². The summed E-state index contributed by atoms with van der Waals surface area (Å²) in [7, 11) is 0. The van der Waals surface area contributed by atoms with Crippen LogP contribution in [0.2, 0.25) is 0 Å². The number of piperidine rings is 1. The Kier molecular flexibility index (Phi) is 5.17. The van der Waals surface area contributed by atoms with Crippen LogP contribution in [-0.4, -0.2) is 66.1 Å². The minimum absolute atomic E-state index is 0.0374. The maximum absolute atomic E-state index is 13.9. The van der Waals surface area contributed by atoms with Gasteiger partial charge < -0.3 is 19.6 Å². The number of amides is 2. The molecule has 2 amide bonds. The number of aromatic hydroxyl groups is 1. The summed E-state index contributed by atoms with van der Waals surface area (Å²) in [5.74, 6) is -3.92. The molecule has 3 rings (SSSR count). The van der Waals surface area contributed by atoms with Crippen LogP contribution >= 0.6 is 0 Å². The molecule has 0 saturated carbocycles. The standard InChI is InChI=1S/C17H20F2N2O4/c18-12-8-13(19)15(14(22)9-12)17(24)21-3-1-2-11(10-21)16(23)20-4-6-25-7-5-20/h8-9,11,22H,1-7,10H2. The molecule has 0 aromatic heterocycles. The molecule has 25 heavy (non-hydrogen) atoms. The van der Waals surface area contributed by atoms with Crippen LogP contribution in [-0.2, 0) is 9.53 Å². The van der Waals surface area contributed by atoms with Gasteiger partial charge in [-0.25, -0.2) is 8.78 Å². The van der Waals surface area contributed by atoms with E-state index in [0.717, 1.165) is 0 Å². The van der Waals surface area contributed by atoms with E-state index in [4.69, 9.17) is 4.74 Å². The highest BCUT2D eigenvalue weighted by atomic mass is 19.1. The molecule has 0 bridgehead atoms. The van der Waals surface area contributed by atoms with Gasteiger partial charge in [-0.1, -0.05) is 0 Å². The molecule has 2 fully saturated rings. The zero-order valence-corrected chi connectivity index (χ0v) is 13.7. The second-order valence-corrected chi connectivity index (χ2v) is 6.31. The number of benzene rings is 1. The van der Waals surface area contributed by atoms with Crippen LogP contribution in [0, 0.1) is 17.6 Å². The highest BCUT2D eigenvalue weighted by molar-refractivity contribution is 5.97. The second-order valence-electron chi connectivity index (χ2n) is 6.31. The number of ether oxygens (including phenoxy) is 1. The summed E-state index contributed by atoms with van der Waals surface area (Å²) in [4.78, 5) is 28.2. The normalized spacial score (nSPS) is 21.3. The summed E-state index contributed by atoms with van der Waals surface area (Å²) < 4.78 is 32.3. The molecular weight excluding hydrogens is 334 g/mol. The van der Waals surface area contributed by atoms with Crippen LogP contribution < -0.4 is 0 Å². The van der Waals surface area contributed by atoms with Gasteiger partial charge in [0.1, 0.15) is 22.9 Å². The van der Waals surface area contributed by atoms with Crippen molar-refractivity contribution < 1.29 is 28.2 Å². The monoisotopic (exact) mass is 354 g/mol. The first-order chi connectivity index (χ1) is 12.0. The molecule has 1 N–H and O–H groups in total. The molecule has 2 aliphatic heterocycles. The summed E-state index contributed by atoms with van der Waals surface area (Å²) in [6.07, 6.45) is 1.26. The minimum atomic E-state index is -1.11. The summed E-state index contributed by atoms with van der Waals surface area (Å²) in [6, 6.07) is 1.27. The zero-order valence-electron chi connectivity index (χ0n) is 13.7. The first kappa shape index (κ1) is 17.6. The van der Waals surface area contributed by atoms with E-state index in [-0.39, 0.29) is 18.4 Å². The van der Waals surface area contributed by atoms with Crippen molar-refractivity contribution in [2.45, 2.75) is 12.8 Å². The highest BCUT2D eigenvalue weighted by Gasteiger charge is 2.33. The highest BCUT2D eigenvalue weighted by Crippen LogP contribution is 2.27. The molecule has 6 nitrogen and oxygen atoms in total. The maximum Gasteiger partial charge on any atom is 0.260 e. The predicted octanol–water partition coefficient (Wildman–Crippen LogP) is 1.38. The van der Waals surface area contributed by atoms with Crippen LogP contribution in [0.4, 0.5) is 8.78 Å². The number of phenolic OH excluding ortho intramolecular Hbond substituents is 1. The molecule has 136 valence electrons. The Labute approximate surface area is 144 Å². The third-order valence-electron chi connectivity index (χ3n) is 4.63. The number of hydrogen-bond acceptors (Lipinski definition) is 4. The topological polar surface area (TPSA) is 70.1 Å². The Morgan fingerprint density at radius 2 is 1.84 bits per heavy atom. The number of carbonyl (C=O) groups excluding carboxylic acids is 2. The van der Waals surface area contributed by atoms with E-state index in [1.54, 1.807) is 4.90 Å². The Morgan fingerprint density at radius 3 is 2.52 bits per heavy atom. The average Bonchev–Trinajstić information content (AvgIpc) is 2.61. The van der Waals surface area contributed by atoms with E-state index in [2.05, 4.69) is 0 Å². The van der Waals surface area contributed by atoms with Crippen LogP contribution in [0.3, 0.4) is 0 Å². The van der Waals surface area contributed by atoms with E-state index in [0.29, 0.717) is 57.8 Å². The number of likely N-dealkylation sites (tertiary alicyclic amines) is 1. The van der Waals surface area contributed by atoms with Gasteiger partial charge in [0.2, 0.25) is 5.91 Å². The zero-order chi connectivity index (χ0) is 18.0. The van der Waals surface area contributed by atoms with E-state index in [1.165, 1.54) is 4.90 Å². The van der Waals surface area contributed by atoms with Crippen LogP contribution in [0.25, 0.3) is 0 Å². The lowest BCUT2D eigenvalue weighted by molar-refractivity contribution is -0.141. The lowest BCUT2D eigenvalue weighted by Gasteiger charge is -2.36. The fourth-order valence-corrected chi connectivity index (χ4v) is 3.33. The van der Waals surface area contributed by atoms with Crippen molar-refractivity contribution in [2.75, 3.05) is 39.4 Å². The van der Waals surface area contributed by atoms with Gasteiger partial charge in [0.05, 0.1) is 19.1 Å². The van der Waals surface area contributed by atoms with E-state index < -0.39 is 28.9 Å². The number of morpholine rings is 1.